The van der Waals surface area contributed by atoms with E-state index in [4.69, 9.17) is 4.74 Å². The van der Waals surface area contributed by atoms with Gasteiger partial charge in [0, 0.05) is 12.1 Å². The van der Waals surface area contributed by atoms with Crippen LogP contribution in [0.1, 0.15) is 49.5 Å². The molecule has 0 aromatic heterocycles. The van der Waals surface area contributed by atoms with Gasteiger partial charge in [0.2, 0.25) is 5.91 Å². The first kappa shape index (κ1) is 20.5. The molecule has 27 heavy (non-hydrogen) atoms. The molecule has 2 aromatic rings. The number of esters is 1. The smallest absolute Gasteiger partial charge is 0.337 e. The quantitative estimate of drug-likeness (QED) is 0.574. The Morgan fingerprint density at radius 1 is 1.04 bits per heavy atom. The van der Waals surface area contributed by atoms with E-state index in [0.29, 0.717) is 30.7 Å². The van der Waals surface area contributed by atoms with Gasteiger partial charge in [-0.3, -0.25) is 4.79 Å². The molecule has 0 saturated carbocycles. The van der Waals surface area contributed by atoms with E-state index in [9.17, 15) is 9.59 Å². The van der Waals surface area contributed by atoms with E-state index >= 15 is 0 Å². The second-order valence-electron chi connectivity index (χ2n) is 7.35. The molecule has 0 aliphatic heterocycles. The number of hydrogen-bond acceptors (Lipinski definition) is 4. The van der Waals surface area contributed by atoms with E-state index in [1.807, 2.05) is 12.1 Å². The average molecular weight is 369 g/mol. The number of benzene rings is 2. The van der Waals surface area contributed by atoms with Crippen LogP contribution in [0.3, 0.4) is 0 Å². The lowest BCUT2D eigenvalue weighted by Gasteiger charge is -2.19. The standard InChI is InChI=1S/C22H27NO4/c1-22(2,3)17-10-12-19(13-11-17)27-14-6-9-20(24)23-18-8-5-7-16(15-18)21(25)26-4/h5,7-8,10-13,15H,6,9,14H2,1-4H3,(H,23,24). The molecule has 0 radical (unpaired) electrons. The number of nitrogens with one attached hydrogen (secondary N) is 1. The summed E-state index contributed by atoms with van der Waals surface area (Å²) in [4.78, 5) is 23.6. The highest BCUT2D eigenvalue weighted by molar-refractivity contribution is 5.94. The molecule has 0 aliphatic rings. The monoisotopic (exact) mass is 369 g/mol. The molecule has 0 unspecified atom stereocenters. The number of methoxy groups -OCH3 is 1. The zero-order valence-corrected chi connectivity index (χ0v) is 16.4. The predicted octanol–water partition coefficient (Wildman–Crippen LogP) is 4.57. The molecular formula is C22H27NO4. The summed E-state index contributed by atoms with van der Waals surface area (Å²) in [5.74, 6) is 0.245. The van der Waals surface area contributed by atoms with Crippen molar-refractivity contribution < 1.29 is 19.1 Å². The third-order valence-electron chi connectivity index (χ3n) is 4.10. The van der Waals surface area contributed by atoms with Crippen LogP contribution in [0.25, 0.3) is 0 Å². The topological polar surface area (TPSA) is 64.6 Å². The molecule has 5 heteroatoms. The minimum atomic E-state index is -0.433. The number of anilines is 1. The minimum Gasteiger partial charge on any atom is -0.494 e. The lowest BCUT2D eigenvalue weighted by atomic mass is 9.87. The summed E-state index contributed by atoms with van der Waals surface area (Å²) in [6.07, 6.45) is 0.937. The van der Waals surface area contributed by atoms with Gasteiger partial charge in [-0.15, -0.1) is 0 Å². The second-order valence-corrected chi connectivity index (χ2v) is 7.35. The number of rotatable bonds is 7. The third kappa shape index (κ3) is 6.44. The Bertz CT molecular complexity index is 776. The highest BCUT2D eigenvalue weighted by atomic mass is 16.5. The van der Waals surface area contributed by atoms with Crippen molar-refractivity contribution in [2.75, 3.05) is 19.0 Å². The maximum absolute atomic E-state index is 12.0. The van der Waals surface area contributed by atoms with Gasteiger partial charge in [-0.25, -0.2) is 4.79 Å². The number of hydrogen-bond donors (Lipinski definition) is 1. The second kappa shape index (κ2) is 9.21. The Morgan fingerprint density at radius 3 is 2.37 bits per heavy atom. The molecule has 1 N–H and O–H groups in total. The minimum absolute atomic E-state index is 0.113. The Kier molecular flexibility index (Phi) is 6.99. The van der Waals surface area contributed by atoms with Crippen molar-refractivity contribution >= 4 is 17.6 Å². The van der Waals surface area contributed by atoms with Crippen LogP contribution in [-0.2, 0) is 14.9 Å². The average Bonchev–Trinajstić information content (AvgIpc) is 2.64. The molecule has 1 amide bonds. The normalized spacial score (nSPS) is 11.0. The van der Waals surface area contributed by atoms with E-state index in [2.05, 4.69) is 43.0 Å². The summed E-state index contributed by atoms with van der Waals surface area (Å²) in [6.45, 7) is 6.97. The van der Waals surface area contributed by atoms with Crippen molar-refractivity contribution in [3.8, 4) is 5.75 Å². The number of carbonyl (C=O) groups excluding carboxylic acids is 2. The zero-order valence-electron chi connectivity index (χ0n) is 16.4. The van der Waals surface area contributed by atoms with Crippen molar-refractivity contribution in [3.05, 3.63) is 59.7 Å². The maximum Gasteiger partial charge on any atom is 0.337 e. The Hall–Kier alpha value is -2.82. The summed E-state index contributed by atoms with van der Waals surface area (Å²) in [5.41, 5.74) is 2.34. The summed E-state index contributed by atoms with van der Waals surface area (Å²) in [7, 11) is 1.32. The van der Waals surface area contributed by atoms with E-state index in [1.165, 1.54) is 12.7 Å². The van der Waals surface area contributed by atoms with Crippen LogP contribution in [-0.4, -0.2) is 25.6 Å². The summed E-state index contributed by atoms with van der Waals surface area (Å²) >= 11 is 0. The molecule has 0 heterocycles. The summed E-state index contributed by atoms with van der Waals surface area (Å²) < 4.78 is 10.4. The Balaban J connectivity index is 1.76. The highest BCUT2D eigenvalue weighted by Gasteiger charge is 2.13. The van der Waals surface area contributed by atoms with Gasteiger partial charge in [-0.05, 0) is 47.7 Å². The molecule has 2 rings (SSSR count). The van der Waals surface area contributed by atoms with Gasteiger partial charge in [0.1, 0.15) is 5.75 Å². The van der Waals surface area contributed by atoms with Crippen LogP contribution in [0.5, 0.6) is 5.75 Å². The largest absolute Gasteiger partial charge is 0.494 e. The van der Waals surface area contributed by atoms with Gasteiger partial charge in [0.15, 0.2) is 0 Å². The third-order valence-corrected chi connectivity index (χ3v) is 4.10. The first-order valence-electron chi connectivity index (χ1n) is 9.01. The molecule has 2 aromatic carbocycles. The maximum atomic E-state index is 12.0. The van der Waals surface area contributed by atoms with Crippen LogP contribution >= 0.6 is 0 Å². The van der Waals surface area contributed by atoms with Crippen LogP contribution in [0, 0.1) is 0 Å². The lowest BCUT2D eigenvalue weighted by molar-refractivity contribution is -0.116. The SMILES string of the molecule is COC(=O)c1cccc(NC(=O)CCCOc2ccc(C(C)(C)C)cc2)c1. The lowest BCUT2D eigenvalue weighted by Crippen LogP contribution is -2.13. The van der Waals surface area contributed by atoms with Crippen molar-refractivity contribution in [1.82, 2.24) is 0 Å². The number of amides is 1. The van der Waals surface area contributed by atoms with E-state index < -0.39 is 5.97 Å². The zero-order chi connectivity index (χ0) is 19.9. The van der Waals surface area contributed by atoms with Crippen LogP contribution in [0.4, 0.5) is 5.69 Å². The first-order chi connectivity index (χ1) is 12.8. The van der Waals surface area contributed by atoms with E-state index in [1.54, 1.807) is 24.3 Å². The molecule has 144 valence electrons. The molecular weight excluding hydrogens is 342 g/mol. The summed E-state index contributed by atoms with van der Waals surface area (Å²) in [6, 6.07) is 14.7. The van der Waals surface area contributed by atoms with Gasteiger partial charge >= 0.3 is 5.97 Å². The van der Waals surface area contributed by atoms with Crippen LogP contribution < -0.4 is 10.1 Å². The van der Waals surface area contributed by atoms with E-state index in [0.717, 1.165) is 5.75 Å². The molecule has 0 spiro atoms. The Labute approximate surface area is 160 Å². The molecule has 0 saturated heterocycles. The Morgan fingerprint density at radius 2 is 1.74 bits per heavy atom. The molecule has 0 atom stereocenters. The fourth-order valence-electron chi connectivity index (χ4n) is 2.54. The highest BCUT2D eigenvalue weighted by Crippen LogP contribution is 2.24. The van der Waals surface area contributed by atoms with E-state index in [-0.39, 0.29) is 11.3 Å². The first-order valence-corrected chi connectivity index (χ1v) is 9.01. The van der Waals surface area contributed by atoms with Gasteiger partial charge in [0.25, 0.3) is 0 Å². The molecule has 5 nitrogen and oxygen atoms in total. The molecule has 0 fully saturated rings. The van der Waals surface area contributed by atoms with Crippen molar-refractivity contribution in [3.63, 3.8) is 0 Å². The number of carbonyl (C=O) groups is 2. The van der Waals surface area contributed by atoms with Crippen LogP contribution in [0.15, 0.2) is 48.5 Å². The van der Waals surface area contributed by atoms with Gasteiger partial charge in [0.05, 0.1) is 19.3 Å². The van der Waals surface area contributed by atoms with Crippen molar-refractivity contribution in [2.45, 2.75) is 39.0 Å². The van der Waals surface area contributed by atoms with Gasteiger partial charge < -0.3 is 14.8 Å². The fraction of sp³-hybridized carbons (Fsp3) is 0.364. The predicted molar refractivity (Wildman–Crippen MR) is 106 cm³/mol. The summed E-state index contributed by atoms with van der Waals surface area (Å²) in [5, 5.41) is 2.78. The number of ether oxygens (including phenoxy) is 2. The molecule has 0 bridgehead atoms. The van der Waals surface area contributed by atoms with Crippen LogP contribution in [0.2, 0.25) is 0 Å². The molecule has 0 aliphatic carbocycles. The van der Waals surface area contributed by atoms with Gasteiger partial charge in [-0.1, -0.05) is 39.0 Å². The van der Waals surface area contributed by atoms with Crippen molar-refractivity contribution in [2.24, 2.45) is 0 Å². The van der Waals surface area contributed by atoms with Gasteiger partial charge in [-0.2, -0.15) is 0 Å². The van der Waals surface area contributed by atoms with Crippen molar-refractivity contribution in [1.29, 1.82) is 0 Å². The fourth-order valence-corrected chi connectivity index (χ4v) is 2.54.